The van der Waals surface area contributed by atoms with Crippen LogP contribution in [0.3, 0.4) is 0 Å². The first kappa shape index (κ1) is 41.8. The molecule has 1 heterocycles. The summed E-state index contributed by atoms with van der Waals surface area (Å²) in [4.78, 5) is 4.32. The SMILES string of the molecule is CC.CC.CC.CC.c1ccc2c(c1)CCC2.c1ccc2c(c1)CCCC2.c1ccc2c(c1)CCCC2.c1cnc2c(c1)CCCC2. The Morgan fingerprint density at radius 2 is 0.553 bits per heavy atom. The third-order valence-electron chi connectivity index (χ3n) is 8.63. The topological polar surface area (TPSA) is 12.9 Å². The first-order valence-corrected chi connectivity index (χ1v) is 19.5. The zero-order chi connectivity index (χ0) is 34.5. The summed E-state index contributed by atoms with van der Waals surface area (Å²) < 4.78 is 0. The number of rotatable bonds is 0. The Balaban J connectivity index is 0.000000292. The highest BCUT2D eigenvalue weighted by Gasteiger charge is 2.09. The predicted octanol–water partition coefficient (Wildman–Crippen LogP) is 13.4. The summed E-state index contributed by atoms with van der Waals surface area (Å²) in [5.74, 6) is 0. The summed E-state index contributed by atoms with van der Waals surface area (Å²) in [7, 11) is 0. The average Bonchev–Trinajstić information content (AvgIpc) is 3.68. The van der Waals surface area contributed by atoms with Gasteiger partial charge in [0.15, 0.2) is 0 Å². The largest absolute Gasteiger partial charge is 0.261 e. The average molecular weight is 636 g/mol. The second-order valence-electron chi connectivity index (χ2n) is 11.4. The van der Waals surface area contributed by atoms with E-state index in [2.05, 4.69) is 83.8 Å². The van der Waals surface area contributed by atoms with E-state index in [-0.39, 0.29) is 0 Å². The minimum atomic E-state index is 1.19. The maximum Gasteiger partial charge on any atom is 0.0435 e. The lowest BCUT2D eigenvalue weighted by atomic mass is 9.92. The van der Waals surface area contributed by atoms with Crippen molar-refractivity contribution in [3.8, 4) is 0 Å². The van der Waals surface area contributed by atoms with Gasteiger partial charge in [0, 0.05) is 11.9 Å². The van der Waals surface area contributed by atoms with Gasteiger partial charge in [0.25, 0.3) is 0 Å². The van der Waals surface area contributed by atoms with E-state index in [9.17, 15) is 0 Å². The van der Waals surface area contributed by atoms with Crippen molar-refractivity contribution in [1.29, 1.82) is 0 Å². The van der Waals surface area contributed by atoms with E-state index in [1.165, 1.54) is 108 Å². The number of nitrogens with zero attached hydrogens (tertiary/aromatic N) is 1. The summed E-state index contributed by atoms with van der Waals surface area (Å²) in [6.07, 6.45) is 21.7. The molecule has 0 radical (unpaired) electrons. The molecule has 0 atom stereocenters. The number of fused-ring (bicyclic) bond motifs is 4. The van der Waals surface area contributed by atoms with Gasteiger partial charge in [-0.15, -0.1) is 0 Å². The van der Waals surface area contributed by atoms with Crippen molar-refractivity contribution in [3.63, 3.8) is 0 Å². The van der Waals surface area contributed by atoms with Crippen molar-refractivity contribution in [2.45, 2.75) is 152 Å². The van der Waals surface area contributed by atoms with Crippen LogP contribution in [-0.4, -0.2) is 4.98 Å². The van der Waals surface area contributed by atoms with E-state index in [4.69, 9.17) is 0 Å². The van der Waals surface area contributed by atoms with Crippen molar-refractivity contribution in [2.75, 3.05) is 0 Å². The van der Waals surface area contributed by atoms with Gasteiger partial charge in [-0.05, 0) is 141 Å². The molecular formula is C46H69N. The predicted molar refractivity (Wildman–Crippen MR) is 211 cm³/mol. The van der Waals surface area contributed by atoms with Gasteiger partial charge in [-0.3, -0.25) is 4.98 Å². The first-order valence-electron chi connectivity index (χ1n) is 19.5. The molecular weight excluding hydrogens is 567 g/mol. The van der Waals surface area contributed by atoms with Gasteiger partial charge in [-0.25, -0.2) is 0 Å². The Kier molecular flexibility index (Phi) is 24.8. The highest BCUT2D eigenvalue weighted by molar-refractivity contribution is 5.31. The van der Waals surface area contributed by atoms with Gasteiger partial charge in [-0.2, -0.15) is 0 Å². The summed E-state index contributed by atoms with van der Waals surface area (Å²) in [6, 6.07) is 30.6. The molecule has 0 saturated heterocycles. The number of aromatic nitrogens is 1. The van der Waals surface area contributed by atoms with E-state index in [0.717, 1.165) is 0 Å². The van der Waals surface area contributed by atoms with Gasteiger partial charge in [0.05, 0.1) is 0 Å². The third kappa shape index (κ3) is 15.5. The zero-order valence-corrected chi connectivity index (χ0v) is 31.7. The highest BCUT2D eigenvalue weighted by Crippen LogP contribution is 2.22. The molecule has 1 aromatic heterocycles. The van der Waals surface area contributed by atoms with Gasteiger partial charge in [0.2, 0.25) is 0 Å². The minimum absolute atomic E-state index is 1.19. The van der Waals surface area contributed by atoms with E-state index in [1.54, 1.807) is 33.4 Å². The molecule has 0 amide bonds. The molecule has 4 aliphatic carbocycles. The van der Waals surface area contributed by atoms with Crippen LogP contribution in [0.2, 0.25) is 0 Å². The van der Waals surface area contributed by atoms with Crippen LogP contribution < -0.4 is 0 Å². The molecule has 0 unspecified atom stereocenters. The molecule has 0 fully saturated rings. The Labute approximate surface area is 291 Å². The van der Waals surface area contributed by atoms with E-state index >= 15 is 0 Å². The molecule has 1 heteroatoms. The summed E-state index contributed by atoms with van der Waals surface area (Å²) in [6.45, 7) is 16.0. The second kappa shape index (κ2) is 27.9. The smallest absolute Gasteiger partial charge is 0.0435 e. The summed E-state index contributed by atoms with van der Waals surface area (Å²) >= 11 is 0. The van der Waals surface area contributed by atoms with Crippen LogP contribution >= 0.6 is 0 Å². The fraction of sp³-hybridized carbons (Fsp3) is 0.500. The molecule has 0 saturated carbocycles. The number of benzene rings is 3. The quantitative estimate of drug-likeness (QED) is 0.187. The molecule has 4 aliphatic rings. The Morgan fingerprint density at radius 1 is 0.298 bits per heavy atom. The molecule has 258 valence electrons. The lowest BCUT2D eigenvalue weighted by Crippen LogP contribution is -2.03. The number of pyridine rings is 1. The second-order valence-corrected chi connectivity index (χ2v) is 11.4. The van der Waals surface area contributed by atoms with Crippen LogP contribution in [0.15, 0.2) is 91.1 Å². The van der Waals surface area contributed by atoms with Gasteiger partial charge in [0.1, 0.15) is 0 Å². The van der Waals surface area contributed by atoms with Crippen molar-refractivity contribution in [3.05, 3.63) is 136 Å². The van der Waals surface area contributed by atoms with Crippen LogP contribution in [-0.2, 0) is 51.4 Å². The first-order chi connectivity index (χ1) is 23.4. The maximum atomic E-state index is 4.32. The molecule has 0 bridgehead atoms. The van der Waals surface area contributed by atoms with Crippen molar-refractivity contribution < 1.29 is 0 Å². The Bertz CT molecular complexity index is 1080. The van der Waals surface area contributed by atoms with E-state index in [1.807, 2.05) is 67.7 Å². The zero-order valence-electron chi connectivity index (χ0n) is 31.7. The van der Waals surface area contributed by atoms with Crippen LogP contribution in [0.4, 0.5) is 0 Å². The number of hydrogen-bond acceptors (Lipinski definition) is 1. The summed E-state index contributed by atoms with van der Waals surface area (Å²) in [5, 5.41) is 0. The van der Waals surface area contributed by atoms with E-state index in [0.29, 0.717) is 0 Å². The third-order valence-corrected chi connectivity index (χ3v) is 8.63. The Morgan fingerprint density at radius 3 is 0.872 bits per heavy atom. The van der Waals surface area contributed by atoms with Gasteiger partial charge in [-0.1, -0.05) is 134 Å². The number of aryl methyl sites for hydroxylation is 8. The number of hydrogen-bond donors (Lipinski definition) is 0. The lowest BCUT2D eigenvalue weighted by Gasteiger charge is -2.13. The van der Waals surface area contributed by atoms with Crippen molar-refractivity contribution in [2.24, 2.45) is 0 Å². The van der Waals surface area contributed by atoms with Crippen LogP contribution in [0, 0.1) is 0 Å². The van der Waals surface area contributed by atoms with Crippen LogP contribution in [0.5, 0.6) is 0 Å². The molecule has 0 N–H and O–H groups in total. The standard InChI is InChI=1S/2C10H12.C9H11N.C9H10.4C2H6/c2*1-2-6-10-8-4-3-7-9(10)5-1;1-2-6-9-8(4-1)5-3-7-10-9;1-2-5-9-7-3-6-8(9)4-1;4*1-2/h2*1-2,5-6H,3-4,7-8H2;3,5,7H,1-2,4,6H2;1-2,4-5H,3,6-7H2;4*1-2H3. The molecule has 8 rings (SSSR count). The molecule has 0 aliphatic heterocycles. The highest BCUT2D eigenvalue weighted by atomic mass is 14.7. The molecule has 1 nitrogen and oxygen atoms in total. The van der Waals surface area contributed by atoms with E-state index < -0.39 is 0 Å². The van der Waals surface area contributed by atoms with Crippen LogP contribution in [0.25, 0.3) is 0 Å². The van der Waals surface area contributed by atoms with Gasteiger partial charge >= 0.3 is 0 Å². The molecule has 0 spiro atoms. The molecule has 47 heavy (non-hydrogen) atoms. The lowest BCUT2D eigenvalue weighted by molar-refractivity contribution is 0.668. The van der Waals surface area contributed by atoms with Crippen molar-refractivity contribution in [1.82, 2.24) is 4.98 Å². The molecule has 3 aromatic carbocycles. The fourth-order valence-electron chi connectivity index (χ4n) is 6.40. The minimum Gasteiger partial charge on any atom is -0.261 e. The normalized spacial score (nSPS) is 14.0. The monoisotopic (exact) mass is 636 g/mol. The fourth-order valence-corrected chi connectivity index (χ4v) is 6.40. The van der Waals surface area contributed by atoms with Crippen LogP contribution in [0.1, 0.15) is 145 Å². The summed E-state index contributed by atoms with van der Waals surface area (Å²) in [5.41, 5.74) is 12.2. The van der Waals surface area contributed by atoms with Crippen molar-refractivity contribution >= 4 is 0 Å². The maximum absolute atomic E-state index is 4.32. The van der Waals surface area contributed by atoms with Gasteiger partial charge < -0.3 is 0 Å². The molecule has 4 aromatic rings. The Hall–Kier alpha value is -3.19.